The van der Waals surface area contributed by atoms with Crippen molar-refractivity contribution in [2.24, 2.45) is 11.7 Å². The molecule has 2 heteroatoms. The van der Waals surface area contributed by atoms with Crippen LogP contribution in [-0.4, -0.2) is 11.2 Å². The lowest BCUT2D eigenvalue weighted by Crippen LogP contribution is -2.27. The molecule has 0 aromatic carbocycles. The predicted octanol–water partition coefficient (Wildman–Crippen LogP) is 2.64. The van der Waals surface area contributed by atoms with Gasteiger partial charge < -0.3 is 5.73 Å². The molecular weight excluding hydrogens is 153 g/mol. The van der Waals surface area contributed by atoms with Crippen LogP contribution in [0, 0.1) is 5.92 Å². The summed E-state index contributed by atoms with van der Waals surface area (Å²) in [7, 11) is 0. The van der Waals surface area contributed by atoms with Crippen LogP contribution in [0.2, 0.25) is 0 Å². The van der Waals surface area contributed by atoms with Gasteiger partial charge >= 0.3 is 0 Å². The molecule has 1 fully saturated rings. The third-order valence-corrected chi connectivity index (χ3v) is 3.14. The second-order valence-electron chi connectivity index (χ2n) is 4.87. The Bertz CT molecular complexity index is 156. The highest BCUT2D eigenvalue weighted by Gasteiger charge is 2.38. The van der Waals surface area contributed by atoms with Crippen LogP contribution in [0.25, 0.3) is 0 Å². The molecule has 0 aliphatic heterocycles. The molecule has 12 heavy (non-hydrogen) atoms. The van der Waals surface area contributed by atoms with Gasteiger partial charge in [-0.25, -0.2) is 4.39 Å². The smallest absolute Gasteiger partial charge is 0.108 e. The molecule has 1 saturated carbocycles. The quantitative estimate of drug-likeness (QED) is 0.695. The lowest BCUT2D eigenvalue weighted by Gasteiger charge is -2.24. The molecule has 1 aliphatic carbocycles. The molecule has 1 atom stereocenters. The maximum absolute atomic E-state index is 13.3. The highest BCUT2D eigenvalue weighted by molar-refractivity contribution is 4.98. The standard InChI is InChI=1S/C10H20FN/c1-8(9(2,3)11)4-5-10(12)6-7-10/h8H,4-7,12H2,1-3H3. The fraction of sp³-hybridized carbons (Fsp3) is 1.00. The van der Waals surface area contributed by atoms with E-state index in [-0.39, 0.29) is 11.5 Å². The summed E-state index contributed by atoms with van der Waals surface area (Å²) in [6.07, 6.45) is 4.17. The van der Waals surface area contributed by atoms with Crippen LogP contribution in [0.3, 0.4) is 0 Å². The predicted molar refractivity (Wildman–Crippen MR) is 49.7 cm³/mol. The molecule has 0 heterocycles. The Morgan fingerprint density at radius 3 is 2.33 bits per heavy atom. The van der Waals surface area contributed by atoms with Crippen LogP contribution in [0.15, 0.2) is 0 Å². The molecule has 0 spiro atoms. The van der Waals surface area contributed by atoms with E-state index < -0.39 is 5.67 Å². The molecule has 1 unspecified atom stereocenters. The number of hydrogen-bond acceptors (Lipinski definition) is 1. The lowest BCUT2D eigenvalue weighted by atomic mass is 9.88. The van der Waals surface area contributed by atoms with Gasteiger partial charge in [0.15, 0.2) is 0 Å². The monoisotopic (exact) mass is 173 g/mol. The minimum atomic E-state index is -1.05. The fourth-order valence-electron chi connectivity index (χ4n) is 1.26. The van der Waals surface area contributed by atoms with Gasteiger partial charge in [0.05, 0.1) is 0 Å². The van der Waals surface area contributed by atoms with Gasteiger partial charge in [0.1, 0.15) is 5.67 Å². The Hall–Kier alpha value is -0.110. The molecule has 0 bridgehead atoms. The molecule has 0 aromatic rings. The van der Waals surface area contributed by atoms with Gasteiger partial charge in [-0.05, 0) is 45.4 Å². The van der Waals surface area contributed by atoms with Gasteiger partial charge in [0.2, 0.25) is 0 Å². The van der Waals surface area contributed by atoms with Gasteiger partial charge in [-0.3, -0.25) is 0 Å². The van der Waals surface area contributed by atoms with E-state index in [9.17, 15) is 4.39 Å². The summed E-state index contributed by atoms with van der Waals surface area (Å²) >= 11 is 0. The largest absolute Gasteiger partial charge is 0.325 e. The molecule has 72 valence electrons. The van der Waals surface area contributed by atoms with Crippen molar-refractivity contribution in [2.75, 3.05) is 0 Å². The molecule has 0 radical (unpaired) electrons. The summed E-state index contributed by atoms with van der Waals surface area (Å²) in [5.74, 6) is 0.124. The second kappa shape index (κ2) is 2.99. The normalized spacial score (nSPS) is 23.8. The van der Waals surface area contributed by atoms with Gasteiger partial charge in [-0.2, -0.15) is 0 Å². The van der Waals surface area contributed by atoms with E-state index >= 15 is 0 Å². The molecule has 1 rings (SSSR count). The Morgan fingerprint density at radius 1 is 1.50 bits per heavy atom. The van der Waals surface area contributed by atoms with Gasteiger partial charge in [-0.15, -0.1) is 0 Å². The molecule has 0 aromatic heterocycles. The van der Waals surface area contributed by atoms with E-state index in [0.717, 1.165) is 25.7 Å². The van der Waals surface area contributed by atoms with E-state index in [2.05, 4.69) is 0 Å². The van der Waals surface area contributed by atoms with Crippen LogP contribution in [0.4, 0.5) is 4.39 Å². The Morgan fingerprint density at radius 2 is 2.00 bits per heavy atom. The van der Waals surface area contributed by atoms with Crippen molar-refractivity contribution in [3.05, 3.63) is 0 Å². The minimum absolute atomic E-state index is 0.0828. The molecule has 0 amide bonds. The second-order valence-corrected chi connectivity index (χ2v) is 4.87. The van der Waals surface area contributed by atoms with E-state index in [4.69, 9.17) is 5.73 Å². The third-order valence-electron chi connectivity index (χ3n) is 3.14. The summed E-state index contributed by atoms with van der Waals surface area (Å²) in [6, 6.07) is 0. The van der Waals surface area contributed by atoms with Crippen LogP contribution >= 0.6 is 0 Å². The van der Waals surface area contributed by atoms with Crippen LogP contribution in [0.1, 0.15) is 46.5 Å². The van der Waals surface area contributed by atoms with Crippen LogP contribution in [-0.2, 0) is 0 Å². The Kier molecular flexibility index (Phi) is 2.48. The lowest BCUT2D eigenvalue weighted by molar-refractivity contribution is 0.125. The zero-order valence-electron chi connectivity index (χ0n) is 8.36. The fourth-order valence-corrected chi connectivity index (χ4v) is 1.26. The first-order valence-corrected chi connectivity index (χ1v) is 4.81. The van der Waals surface area contributed by atoms with E-state index in [1.807, 2.05) is 6.92 Å². The van der Waals surface area contributed by atoms with Crippen molar-refractivity contribution in [1.29, 1.82) is 0 Å². The third kappa shape index (κ3) is 2.74. The van der Waals surface area contributed by atoms with Crippen LogP contribution < -0.4 is 5.73 Å². The topological polar surface area (TPSA) is 26.0 Å². The van der Waals surface area contributed by atoms with Crippen molar-refractivity contribution in [1.82, 2.24) is 0 Å². The van der Waals surface area contributed by atoms with Gasteiger partial charge in [0.25, 0.3) is 0 Å². The van der Waals surface area contributed by atoms with Crippen molar-refractivity contribution < 1.29 is 4.39 Å². The number of alkyl halides is 1. The Balaban J connectivity index is 2.23. The van der Waals surface area contributed by atoms with Gasteiger partial charge in [0, 0.05) is 5.54 Å². The maximum atomic E-state index is 13.3. The summed E-state index contributed by atoms with van der Waals surface area (Å²) in [4.78, 5) is 0. The van der Waals surface area contributed by atoms with Crippen molar-refractivity contribution >= 4 is 0 Å². The van der Waals surface area contributed by atoms with Gasteiger partial charge in [-0.1, -0.05) is 6.92 Å². The summed E-state index contributed by atoms with van der Waals surface area (Å²) in [5.41, 5.74) is 4.95. The maximum Gasteiger partial charge on any atom is 0.108 e. The highest BCUT2D eigenvalue weighted by Crippen LogP contribution is 2.39. The minimum Gasteiger partial charge on any atom is -0.325 e. The number of nitrogens with two attached hydrogens (primary N) is 1. The average molecular weight is 173 g/mol. The zero-order valence-corrected chi connectivity index (χ0v) is 8.36. The molecule has 0 saturated heterocycles. The first-order valence-electron chi connectivity index (χ1n) is 4.81. The van der Waals surface area contributed by atoms with Crippen molar-refractivity contribution in [2.45, 2.75) is 57.7 Å². The first-order chi connectivity index (χ1) is 5.33. The zero-order chi connectivity index (χ0) is 9.41. The number of rotatable bonds is 4. The molecule has 1 nitrogen and oxygen atoms in total. The average Bonchev–Trinajstić information content (AvgIpc) is 2.62. The van der Waals surface area contributed by atoms with E-state index in [1.165, 1.54) is 0 Å². The Labute approximate surface area is 74.5 Å². The van der Waals surface area contributed by atoms with E-state index in [1.54, 1.807) is 13.8 Å². The van der Waals surface area contributed by atoms with Crippen LogP contribution in [0.5, 0.6) is 0 Å². The summed E-state index contributed by atoms with van der Waals surface area (Å²) in [5, 5.41) is 0. The summed E-state index contributed by atoms with van der Waals surface area (Å²) in [6.45, 7) is 5.26. The molecule has 2 N–H and O–H groups in total. The number of hydrogen-bond donors (Lipinski definition) is 1. The SMILES string of the molecule is CC(CCC1(N)CC1)C(C)(C)F. The van der Waals surface area contributed by atoms with Crippen molar-refractivity contribution in [3.63, 3.8) is 0 Å². The first kappa shape index (κ1) is 9.97. The van der Waals surface area contributed by atoms with E-state index in [0.29, 0.717) is 0 Å². The molecule has 1 aliphatic rings. The number of halogens is 1. The van der Waals surface area contributed by atoms with Crippen molar-refractivity contribution in [3.8, 4) is 0 Å². The molecular formula is C10H20FN. The highest BCUT2D eigenvalue weighted by atomic mass is 19.1. The summed E-state index contributed by atoms with van der Waals surface area (Å²) < 4.78 is 13.3.